The van der Waals surface area contributed by atoms with Gasteiger partial charge in [0.2, 0.25) is 10.0 Å². The molecule has 4 nitrogen and oxygen atoms in total. The maximum atomic E-state index is 12.0. The monoisotopic (exact) mass is 269 g/mol. The molecule has 0 aliphatic carbocycles. The third-order valence-corrected chi connectivity index (χ3v) is 3.99. The van der Waals surface area contributed by atoms with Crippen LogP contribution in [-0.4, -0.2) is 20.1 Å². The maximum absolute atomic E-state index is 12.0. The SMILES string of the molecule is CCCS(=O)(=O)NC(=O)c1ccccc1C(C)C. The molecule has 0 heterocycles. The fourth-order valence-corrected chi connectivity index (χ4v) is 2.76. The fraction of sp³-hybridized carbons (Fsp3) is 0.462. The van der Waals surface area contributed by atoms with Crippen molar-refractivity contribution in [3.63, 3.8) is 0 Å². The van der Waals surface area contributed by atoms with E-state index in [0.717, 1.165) is 5.56 Å². The van der Waals surface area contributed by atoms with Gasteiger partial charge in [-0.15, -0.1) is 0 Å². The Labute approximate surface area is 108 Å². The molecule has 1 amide bonds. The molecular weight excluding hydrogens is 250 g/mol. The van der Waals surface area contributed by atoms with E-state index in [0.29, 0.717) is 12.0 Å². The van der Waals surface area contributed by atoms with E-state index in [-0.39, 0.29) is 11.7 Å². The summed E-state index contributed by atoms with van der Waals surface area (Å²) in [4.78, 5) is 12.0. The molecule has 0 saturated heterocycles. The summed E-state index contributed by atoms with van der Waals surface area (Å²) in [5, 5.41) is 0. The molecule has 0 aliphatic rings. The lowest BCUT2D eigenvalue weighted by Gasteiger charge is -2.12. The van der Waals surface area contributed by atoms with Crippen LogP contribution in [0.3, 0.4) is 0 Å². The Morgan fingerprint density at radius 3 is 2.44 bits per heavy atom. The van der Waals surface area contributed by atoms with Crippen LogP contribution in [0.1, 0.15) is 49.0 Å². The van der Waals surface area contributed by atoms with E-state index in [2.05, 4.69) is 4.72 Å². The summed E-state index contributed by atoms with van der Waals surface area (Å²) in [5.41, 5.74) is 1.27. The van der Waals surface area contributed by atoms with Gasteiger partial charge in [0.25, 0.3) is 5.91 Å². The van der Waals surface area contributed by atoms with Gasteiger partial charge in [-0.2, -0.15) is 0 Å². The minimum Gasteiger partial charge on any atom is -0.268 e. The van der Waals surface area contributed by atoms with Gasteiger partial charge in [-0.3, -0.25) is 4.79 Å². The first kappa shape index (κ1) is 14.7. The molecule has 1 aromatic rings. The first-order valence-electron chi connectivity index (χ1n) is 6.01. The quantitative estimate of drug-likeness (QED) is 0.892. The highest BCUT2D eigenvalue weighted by molar-refractivity contribution is 7.90. The molecule has 0 radical (unpaired) electrons. The Kier molecular flexibility index (Phi) is 4.90. The van der Waals surface area contributed by atoms with Crippen LogP contribution in [-0.2, 0) is 10.0 Å². The van der Waals surface area contributed by atoms with Crippen LogP contribution in [0, 0.1) is 0 Å². The number of sulfonamides is 1. The Hall–Kier alpha value is -1.36. The first-order chi connectivity index (χ1) is 8.37. The van der Waals surface area contributed by atoms with Gasteiger partial charge in [-0.1, -0.05) is 39.0 Å². The van der Waals surface area contributed by atoms with E-state index in [1.54, 1.807) is 19.1 Å². The highest BCUT2D eigenvalue weighted by Crippen LogP contribution is 2.19. The second-order valence-electron chi connectivity index (χ2n) is 4.49. The van der Waals surface area contributed by atoms with Crippen LogP contribution in [0.5, 0.6) is 0 Å². The number of benzene rings is 1. The standard InChI is InChI=1S/C13H19NO3S/c1-4-9-18(16,17)14-13(15)12-8-6-5-7-11(12)10(2)3/h5-8,10H,4,9H2,1-3H3,(H,14,15). The number of nitrogens with one attached hydrogen (secondary N) is 1. The summed E-state index contributed by atoms with van der Waals surface area (Å²) in [6.07, 6.45) is 0.481. The minimum atomic E-state index is -3.52. The van der Waals surface area contributed by atoms with Crippen molar-refractivity contribution in [1.82, 2.24) is 4.72 Å². The summed E-state index contributed by atoms with van der Waals surface area (Å²) in [5.74, 6) is -0.420. The van der Waals surface area contributed by atoms with E-state index in [1.165, 1.54) is 0 Å². The third kappa shape index (κ3) is 3.84. The van der Waals surface area contributed by atoms with Gasteiger partial charge < -0.3 is 0 Å². The zero-order chi connectivity index (χ0) is 13.8. The molecule has 18 heavy (non-hydrogen) atoms. The normalized spacial score (nSPS) is 11.6. The van der Waals surface area contributed by atoms with Crippen molar-refractivity contribution < 1.29 is 13.2 Å². The predicted octanol–water partition coefficient (Wildman–Crippen LogP) is 2.28. The molecule has 1 N–H and O–H groups in total. The Balaban J connectivity index is 2.99. The Morgan fingerprint density at radius 1 is 1.28 bits per heavy atom. The van der Waals surface area contributed by atoms with E-state index in [4.69, 9.17) is 0 Å². The molecule has 100 valence electrons. The average Bonchev–Trinajstić information content (AvgIpc) is 2.28. The lowest BCUT2D eigenvalue weighted by Crippen LogP contribution is -2.33. The molecule has 5 heteroatoms. The minimum absolute atomic E-state index is 0.0391. The molecule has 0 bridgehead atoms. The van der Waals surface area contributed by atoms with Gasteiger partial charge in [0.05, 0.1) is 5.75 Å². The summed E-state index contributed by atoms with van der Waals surface area (Å²) >= 11 is 0. The predicted molar refractivity (Wildman–Crippen MR) is 72.1 cm³/mol. The lowest BCUT2D eigenvalue weighted by atomic mass is 9.97. The van der Waals surface area contributed by atoms with Crippen LogP contribution >= 0.6 is 0 Å². The number of carbonyl (C=O) groups is 1. The molecule has 0 fully saturated rings. The van der Waals surface area contributed by atoms with Crippen LogP contribution in [0.2, 0.25) is 0 Å². The topological polar surface area (TPSA) is 63.2 Å². The molecule has 0 unspecified atom stereocenters. The molecule has 1 aromatic carbocycles. The number of carbonyl (C=O) groups excluding carboxylic acids is 1. The summed E-state index contributed by atoms with van der Waals surface area (Å²) in [6.45, 7) is 5.69. The zero-order valence-electron chi connectivity index (χ0n) is 10.9. The van der Waals surface area contributed by atoms with Crippen LogP contribution < -0.4 is 4.72 Å². The van der Waals surface area contributed by atoms with Gasteiger partial charge >= 0.3 is 0 Å². The maximum Gasteiger partial charge on any atom is 0.265 e. The largest absolute Gasteiger partial charge is 0.268 e. The molecule has 0 spiro atoms. The fourth-order valence-electron chi connectivity index (χ4n) is 1.72. The molecule has 0 atom stereocenters. The molecule has 0 aromatic heterocycles. The Bertz CT molecular complexity index is 521. The van der Waals surface area contributed by atoms with Crippen molar-refractivity contribution in [1.29, 1.82) is 0 Å². The van der Waals surface area contributed by atoms with Gasteiger partial charge in [0, 0.05) is 5.56 Å². The highest BCUT2D eigenvalue weighted by atomic mass is 32.2. The van der Waals surface area contributed by atoms with Crippen molar-refractivity contribution in [3.05, 3.63) is 35.4 Å². The smallest absolute Gasteiger partial charge is 0.265 e. The first-order valence-corrected chi connectivity index (χ1v) is 7.66. The van der Waals surface area contributed by atoms with Gasteiger partial charge in [-0.05, 0) is 24.0 Å². The highest BCUT2D eigenvalue weighted by Gasteiger charge is 2.18. The zero-order valence-corrected chi connectivity index (χ0v) is 11.8. The summed E-state index contributed by atoms with van der Waals surface area (Å²) < 4.78 is 25.2. The molecule has 1 rings (SSSR count). The van der Waals surface area contributed by atoms with Crippen molar-refractivity contribution >= 4 is 15.9 Å². The van der Waals surface area contributed by atoms with E-state index < -0.39 is 15.9 Å². The van der Waals surface area contributed by atoms with Crippen LogP contribution in [0.15, 0.2) is 24.3 Å². The van der Waals surface area contributed by atoms with Crippen molar-refractivity contribution in [2.75, 3.05) is 5.75 Å². The molecular formula is C13H19NO3S. The lowest BCUT2D eigenvalue weighted by molar-refractivity contribution is 0.0980. The number of hydrogen-bond acceptors (Lipinski definition) is 3. The van der Waals surface area contributed by atoms with Gasteiger partial charge in [-0.25, -0.2) is 13.1 Å². The average molecular weight is 269 g/mol. The van der Waals surface area contributed by atoms with E-state index in [9.17, 15) is 13.2 Å². The second-order valence-corrected chi connectivity index (χ2v) is 6.33. The third-order valence-electron chi connectivity index (χ3n) is 2.55. The van der Waals surface area contributed by atoms with Crippen molar-refractivity contribution in [2.45, 2.75) is 33.1 Å². The van der Waals surface area contributed by atoms with Crippen LogP contribution in [0.25, 0.3) is 0 Å². The van der Waals surface area contributed by atoms with Crippen LogP contribution in [0.4, 0.5) is 0 Å². The summed E-state index contributed by atoms with van der Waals surface area (Å²) in [7, 11) is -3.52. The van der Waals surface area contributed by atoms with E-state index in [1.807, 2.05) is 26.0 Å². The van der Waals surface area contributed by atoms with Gasteiger partial charge in [0.15, 0.2) is 0 Å². The Morgan fingerprint density at radius 2 is 1.89 bits per heavy atom. The second kappa shape index (κ2) is 6.00. The molecule has 0 saturated carbocycles. The van der Waals surface area contributed by atoms with Gasteiger partial charge in [0.1, 0.15) is 0 Å². The molecule has 0 aliphatic heterocycles. The number of amides is 1. The number of rotatable bonds is 5. The van der Waals surface area contributed by atoms with Crippen molar-refractivity contribution in [3.8, 4) is 0 Å². The summed E-state index contributed by atoms with van der Waals surface area (Å²) in [6, 6.07) is 7.05. The van der Waals surface area contributed by atoms with E-state index >= 15 is 0 Å². The number of hydrogen-bond donors (Lipinski definition) is 1. The van der Waals surface area contributed by atoms with Crippen molar-refractivity contribution in [2.24, 2.45) is 0 Å².